The van der Waals surface area contributed by atoms with E-state index in [9.17, 15) is 14.0 Å². The van der Waals surface area contributed by atoms with Gasteiger partial charge in [-0.3, -0.25) is 4.79 Å². The van der Waals surface area contributed by atoms with Crippen LogP contribution in [-0.2, 0) is 17.9 Å². The van der Waals surface area contributed by atoms with Crippen LogP contribution in [0.15, 0.2) is 53.3 Å². The highest BCUT2D eigenvalue weighted by Crippen LogP contribution is 2.39. The van der Waals surface area contributed by atoms with E-state index >= 15 is 0 Å². The predicted molar refractivity (Wildman–Crippen MR) is 105 cm³/mol. The molecule has 1 amide bonds. The monoisotopic (exact) mass is 391 g/mol. The molecule has 0 aliphatic heterocycles. The maximum atomic E-state index is 13.3. The molecule has 8 heteroatoms. The first kappa shape index (κ1) is 17.5. The number of carbonyl (C=O) groups excluding carboxylic acids is 1. The number of amides is 1. The number of rotatable bonds is 5. The molecule has 0 bridgehead atoms. The number of hydrogen-bond acceptors (Lipinski definition) is 4. The lowest BCUT2D eigenvalue weighted by molar-refractivity contribution is -0.122. The Bertz CT molecular complexity index is 1310. The fourth-order valence-corrected chi connectivity index (χ4v) is 3.48. The van der Waals surface area contributed by atoms with Crippen LogP contribution in [0.5, 0.6) is 0 Å². The molecule has 1 fully saturated rings. The SMILES string of the molecule is O=C(Cn1nc2c3ccccc3nc(C3CC3)n2c1=O)NCc1cccc(F)c1. The highest BCUT2D eigenvalue weighted by molar-refractivity contribution is 5.91. The number of fused-ring (bicyclic) bond motifs is 3. The van der Waals surface area contributed by atoms with Crippen molar-refractivity contribution in [3.63, 3.8) is 0 Å². The number of carbonyl (C=O) groups is 1. The van der Waals surface area contributed by atoms with E-state index in [1.54, 1.807) is 12.1 Å². The summed E-state index contributed by atoms with van der Waals surface area (Å²) in [4.78, 5) is 30.0. The van der Waals surface area contributed by atoms with Gasteiger partial charge < -0.3 is 5.32 Å². The topological polar surface area (TPSA) is 81.3 Å². The zero-order valence-electron chi connectivity index (χ0n) is 15.5. The lowest BCUT2D eigenvalue weighted by atomic mass is 10.2. The van der Waals surface area contributed by atoms with Crippen molar-refractivity contribution in [1.82, 2.24) is 24.5 Å². The van der Waals surface area contributed by atoms with E-state index in [1.165, 1.54) is 16.5 Å². The van der Waals surface area contributed by atoms with Gasteiger partial charge in [-0.1, -0.05) is 24.3 Å². The Labute approximate surface area is 164 Å². The van der Waals surface area contributed by atoms with Crippen LogP contribution >= 0.6 is 0 Å². The molecule has 0 unspecified atom stereocenters. The fourth-order valence-electron chi connectivity index (χ4n) is 3.48. The second-order valence-corrected chi connectivity index (χ2v) is 7.27. The number of aromatic nitrogens is 4. The van der Waals surface area contributed by atoms with Gasteiger partial charge in [0, 0.05) is 17.8 Å². The fraction of sp³-hybridized carbons (Fsp3) is 0.238. The highest BCUT2D eigenvalue weighted by atomic mass is 19.1. The summed E-state index contributed by atoms with van der Waals surface area (Å²) in [5, 5.41) is 7.90. The number of nitrogens with zero attached hydrogens (tertiary/aromatic N) is 4. The minimum Gasteiger partial charge on any atom is -0.350 e. The van der Waals surface area contributed by atoms with Crippen LogP contribution in [0.25, 0.3) is 16.6 Å². The van der Waals surface area contributed by atoms with Crippen molar-refractivity contribution in [2.45, 2.75) is 31.8 Å². The van der Waals surface area contributed by atoms with Crippen molar-refractivity contribution in [2.24, 2.45) is 0 Å². The Morgan fingerprint density at radius 2 is 2.00 bits per heavy atom. The number of benzene rings is 2. The Hall–Kier alpha value is -3.55. The standard InChI is InChI=1S/C21H18FN5O2/c22-15-5-3-4-13(10-15)11-23-18(28)12-26-21(29)27-19(14-8-9-14)24-17-7-2-1-6-16(17)20(27)25-26/h1-7,10,14H,8-9,11-12H2,(H,23,28). The summed E-state index contributed by atoms with van der Waals surface area (Å²) in [7, 11) is 0. The molecule has 5 rings (SSSR count). The lowest BCUT2D eigenvalue weighted by Gasteiger charge is -2.05. The predicted octanol–water partition coefficient (Wildman–Crippen LogP) is 2.38. The van der Waals surface area contributed by atoms with Gasteiger partial charge in [0.15, 0.2) is 5.65 Å². The van der Waals surface area contributed by atoms with Crippen molar-refractivity contribution < 1.29 is 9.18 Å². The summed E-state index contributed by atoms with van der Waals surface area (Å²) in [6.07, 6.45) is 1.98. The van der Waals surface area contributed by atoms with E-state index < -0.39 is 0 Å². The minimum atomic E-state index is -0.374. The molecule has 1 N–H and O–H groups in total. The number of halogens is 1. The molecule has 4 aromatic rings. The molecule has 0 saturated heterocycles. The van der Waals surface area contributed by atoms with Crippen molar-refractivity contribution in [3.8, 4) is 0 Å². The third kappa shape index (κ3) is 3.26. The molecule has 7 nitrogen and oxygen atoms in total. The third-order valence-corrected chi connectivity index (χ3v) is 5.06. The van der Waals surface area contributed by atoms with E-state index in [2.05, 4.69) is 15.4 Å². The molecule has 2 aromatic heterocycles. The van der Waals surface area contributed by atoms with E-state index in [4.69, 9.17) is 0 Å². The second-order valence-electron chi connectivity index (χ2n) is 7.27. The van der Waals surface area contributed by atoms with Crippen LogP contribution in [-0.4, -0.2) is 25.1 Å². The largest absolute Gasteiger partial charge is 0.352 e. The second kappa shape index (κ2) is 6.80. The lowest BCUT2D eigenvalue weighted by Crippen LogP contribution is -2.32. The first-order chi connectivity index (χ1) is 14.1. The molecule has 0 spiro atoms. The van der Waals surface area contributed by atoms with Gasteiger partial charge in [-0.05, 0) is 42.7 Å². The Morgan fingerprint density at radius 3 is 2.79 bits per heavy atom. The molecule has 1 saturated carbocycles. The molecule has 1 aliphatic carbocycles. The summed E-state index contributed by atoms with van der Waals surface area (Å²) < 4.78 is 16.0. The molecule has 1 aliphatic rings. The highest BCUT2D eigenvalue weighted by Gasteiger charge is 2.30. The average Bonchev–Trinajstić information content (AvgIpc) is 3.51. The zero-order valence-corrected chi connectivity index (χ0v) is 15.5. The van der Waals surface area contributed by atoms with Gasteiger partial charge in [-0.15, -0.1) is 5.10 Å². The van der Waals surface area contributed by atoms with Gasteiger partial charge in [0.2, 0.25) is 5.91 Å². The third-order valence-electron chi connectivity index (χ3n) is 5.06. The van der Waals surface area contributed by atoms with Crippen molar-refractivity contribution in [2.75, 3.05) is 0 Å². The molecule has 146 valence electrons. The van der Waals surface area contributed by atoms with Gasteiger partial charge in [-0.25, -0.2) is 23.3 Å². The van der Waals surface area contributed by atoms with E-state index in [0.717, 1.165) is 28.4 Å². The van der Waals surface area contributed by atoms with Crippen LogP contribution < -0.4 is 11.0 Å². The molecule has 2 heterocycles. The van der Waals surface area contributed by atoms with E-state index in [1.807, 2.05) is 24.3 Å². The Morgan fingerprint density at radius 1 is 1.17 bits per heavy atom. The molecule has 2 aromatic carbocycles. The minimum absolute atomic E-state index is 0.177. The first-order valence-corrected chi connectivity index (χ1v) is 9.49. The zero-order chi connectivity index (χ0) is 20.0. The summed E-state index contributed by atoms with van der Waals surface area (Å²) in [5.74, 6) is 0.222. The van der Waals surface area contributed by atoms with Gasteiger partial charge in [0.25, 0.3) is 0 Å². The quantitative estimate of drug-likeness (QED) is 0.566. The number of nitrogens with one attached hydrogen (secondary N) is 1. The van der Waals surface area contributed by atoms with Crippen molar-refractivity contribution in [1.29, 1.82) is 0 Å². The number of hydrogen-bond donors (Lipinski definition) is 1. The van der Waals surface area contributed by atoms with Gasteiger partial charge in [0.05, 0.1) is 5.52 Å². The van der Waals surface area contributed by atoms with Gasteiger partial charge in [0.1, 0.15) is 18.2 Å². The van der Waals surface area contributed by atoms with Crippen LogP contribution in [0, 0.1) is 5.82 Å². The van der Waals surface area contributed by atoms with E-state index in [-0.39, 0.29) is 36.4 Å². The smallest absolute Gasteiger partial charge is 0.350 e. The maximum Gasteiger partial charge on any atom is 0.352 e. The first-order valence-electron chi connectivity index (χ1n) is 9.49. The van der Waals surface area contributed by atoms with Gasteiger partial charge >= 0.3 is 5.69 Å². The van der Waals surface area contributed by atoms with Gasteiger partial charge in [-0.2, -0.15) is 0 Å². The van der Waals surface area contributed by atoms with Crippen LogP contribution in [0.4, 0.5) is 4.39 Å². The number of para-hydroxylation sites is 1. The van der Waals surface area contributed by atoms with Crippen LogP contribution in [0.2, 0.25) is 0 Å². The molecule has 29 heavy (non-hydrogen) atoms. The Kier molecular flexibility index (Phi) is 4.12. The summed E-state index contributed by atoms with van der Waals surface area (Å²) >= 11 is 0. The Balaban J connectivity index is 1.47. The van der Waals surface area contributed by atoms with Crippen molar-refractivity contribution in [3.05, 3.63) is 76.2 Å². The molecular formula is C21H18FN5O2. The van der Waals surface area contributed by atoms with Crippen LogP contribution in [0.3, 0.4) is 0 Å². The van der Waals surface area contributed by atoms with Crippen molar-refractivity contribution >= 4 is 22.5 Å². The molecular weight excluding hydrogens is 373 g/mol. The summed E-state index contributed by atoms with van der Waals surface area (Å²) in [6.45, 7) is -0.0369. The molecule has 0 atom stereocenters. The normalized spacial score (nSPS) is 13.8. The summed E-state index contributed by atoms with van der Waals surface area (Å²) in [5.41, 5.74) is 1.57. The maximum absolute atomic E-state index is 13.3. The molecule has 0 radical (unpaired) electrons. The van der Waals surface area contributed by atoms with Crippen LogP contribution in [0.1, 0.15) is 30.1 Å². The average molecular weight is 391 g/mol. The van der Waals surface area contributed by atoms with E-state index in [0.29, 0.717) is 17.0 Å². The summed E-state index contributed by atoms with van der Waals surface area (Å²) in [6, 6.07) is 13.6.